The number of rotatable bonds is 6. The molecule has 0 bridgehead atoms. The minimum atomic E-state index is -0.445. The third-order valence-corrected chi connectivity index (χ3v) is 5.04. The van der Waals surface area contributed by atoms with Crippen LogP contribution >= 0.6 is 0 Å². The van der Waals surface area contributed by atoms with Crippen LogP contribution in [0.25, 0.3) is 0 Å². The molecule has 0 spiro atoms. The van der Waals surface area contributed by atoms with Crippen molar-refractivity contribution in [3.8, 4) is 0 Å². The second kappa shape index (κ2) is 6.23. The van der Waals surface area contributed by atoms with E-state index in [4.69, 9.17) is 5.73 Å². The summed E-state index contributed by atoms with van der Waals surface area (Å²) in [5, 5.41) is 10.5. The molecule has 0 aliphatic heterocycles. The molecule has 0 heterocycles. The van der Waals surface area contributed by atoms with Gasteiger partial charge in [0, 0.05) is 6.04 Å². The molecule has 1 saturated carbocycles. The summed E-state index contributed by atoms with van der Waals surface area (Å²) >= 11 is 0. The highest BCUT2D eigenvalue weighted by Crippen LogP contribution is 2.61. The summed E-state index contributed by atoms with van der Waals surface area (Å²) in [4.78, 5) is 0. The third-order valence-electron chi connectivity index (χ3n) is 5.04. The van der Waals surface area contributed by atoms with Crippen LogP contribution in [0, 0.1) is 5.41 Å². The van der Waals surface area contributed by atoms with E-state index in [1.807, 2.05) is 24.3 Å². The van der Waals surface area contributed by atoms with Gasteiger partial charge >= 0.3 is 0 Å². The Hall–Kier alpha value is -1.64. The Morgan fingerprint density at radius 2 is 1.68 bits per heavy atom. The van der Waals surface area contributed by atoms with Gasteiger partial charge in [0.2, 0.25) is 0 Å². The van der Waals surface area contributed by atoms with E-state index in [2.05, 4.69) is 43.3 Å². The average molecular weight is 295 g/mol. The number of hydrogen-bond donors (Lipinski definition) is 2. The zero-order valence-corrected chi connectivity index (χ0v) is 13.2. The predicted molar refractivity (Wildman–Crippen MR) is 90.7 cm³/mol. The first-order valence-electron chi connectivity index (χ1n) is 8.11. The Kier molecular flexibility index (Phi) is 4.32. The molecule has 2 aromatic carbocycles. The van der Waals surface area contributed by atoms with Crippen molar-refractivity contribution in [2.75, 3.05) is 0 Å². The first-order chi connectivity index (χ1) is 10.6. The topological polar surface area (TPSA) is 46.2 Å². The highest BCUT2D eigenvalue weighted by molar-refractivity contribution is 5.29. The van der Waals surface area contributed by atoms with Crippen LogP contribution in [-0.2, 0) is 6.42 Å². The van der Waals surface area contributed by atoms with Gasteiger partial charge in [-0.1, -0.05) is 67.6 Å². The summed E-state index contributed by atoms with van der Waals surface area (Å²) in [6, 6.07) is 20.6. The Morgan fingerprint density at radius 1 is 1.09 bits per heavy atom. The lowest BCUT2D eigenvalue weighted by molar-refractivity contribution is 0.111. The second-order valence-electron chi connectivity index (χ2n) is 6.95. The summed E-state index contributed by atoms with van der Waals surface area (Å²) in [6.45, 7) is 2.27. The fourth-order valence-corrected chi connectivity index (χ4v) is 3.49. The molecule has 0 aromatic heterocycles. The smallest absolute Gasteiger partial charge is 0.0699 e. The van der Waals surface area contributed by atoms with Crippen molar-refractivity contribution < 1.29 is 5.11 Å². The fourth-order valence-electron chi connectivity index (χ4n) is 3.49. The first-order valence-corrected chi connectivity index (χ1v) is 8.11. The molecule has 22 heavy (non-hydrogen) atoms. The molecule has 1 aliphatic carbocycles. The molecular weight excluding hydrogens is 270 g/mol. The fraction of sp³-hybridized carbons (Fsp3) is 0.400. The SMILES string of the molecule is CC1(C[C@H](O)[C@@H](N)Cc2ccccc2)CC1c1ccccc1. The van der Waals surface area contributed by atoms with Crippen molar-refractivity contribution in [2.45, 2.75) is 44.2 Å². The van der Waals surface area contributed by atoms with Gasteiger partial charge in [0.25, 0.3) is 0 Å². The molecule has 2 unspecified atom stereocenters. The Balaban J connectivity index is 1.57. The molecule has 3 rings (SSSR count). The van der Waals surface area contributed by atoms with Crippen molar-refractivity contribution >= 4 is 0 Å². The third kappa shape index (κ3) is 3.40. The maximum absolute atomic E-state index is 10.5. The van der Waals surface area contributed by atoms with E-state index in [1.165, 1.54) is 11.1 Å². The van der Waals surface area contributed by atoms with Crippen LogP contribution in [0.15, 0.2) is 60.7 Å². The average Bonchev–Trinajstić information content (AvgIpc) is 3.20. The van der Waals surface area contributed by atoms with Gasteiger partial charge < -0.3 is 10.8 Å². The number of aliphatic hydroxyl groups is 1. The van der Waals surface area contributed by atoms with Crippen LogP contribution in [0.4, 0.5) is 0 Å². The predicted octanol–water partition coefficient (Wildman–Crippen LogP) is 3.50. The largest absolute Gasteiger partial charge is 0.391 e. The zero-order valence-electron chi connectivity index (χ0n) is 13.2. The number of hydrogen-bond acceptors (Lipinski definition) is 2. The van der Waals surface area contributed by atoms with Crippen molar-refractivity contribution in [2.24, 2.45) is 11.1 Å². The van der Waals surface area contributed by atoms with E-state index in [-0.39, 0.29) is 11.5 Å². The van der Waals surface area contributed by atoms with E-state index in [0.717, 1.165) is 19.3 Å². The van der Waals surface area contributed by atoms with Crippen molar-refractivity contribution in [3.63, 3.8) is 0 Å². The molecule has 3 N–H and O–H groups in total. The molecular formula is C20H25NO. The van der Waals surface area contributed by atoms with Gasteiger partial charge in [-0.3, -0.25) is 0 Å². The van der Waals surface area contributed by atoms with Gasteiger partial charge in [-0.25, -0.2) is 0 Å². The Bertz CT molecular complexity index is 598. The van der Waals surface area contributed by atoms with Gasteiger partial charge in [0.15, 0.2) is 0 Å². The summed E-state index contributed by atoms with van der Waals surface area (Å²) < 4.78 is 0. The second-order valence-corrected chi connectivity index (χ2v) is 6.95. The standard InChI is InChI=1S/C20H25NO/c1-20(13-17(20)16-10-6-3-7-11-16)14-19(22)18(21)12-15-8-4-2-5-9-15/h2-11,17-19,22H,12-14,21H2,1H3/t17?,18-,19-,20?/m0/s1. The van der Waals surface area contributed by atoms with Crippen LogP contribution in [0.1, 0.15) is 36.8 Å². The normalized spacial score (nSPS) is 26.4. The number of aliphatic hydroxyl groups excluding tert-OH is 1. The monoisotopic (exact) mass is 295 g/mol. The van der Waals surface area contributed by atoms with Crippen LogP contribution < -0.4 is 5.73 Å². The highest BCUT2D eigenvalue weighted by atomic mass is 16.3. The summed E-state index contributed by atoms with van der Waals surface area (Å²) in [5.74, 6) is 0.562. The van der Waals surface area contributed by atoms with Crippen LogP contribution in [0.5, 0.6) is 0 Å². The van der Waals surface area contributed by atoms with Gasteiger partial charge in [-0.15, -0.1) is 0 Å². The number of nitrogens with two attached hydrogens (primary N) is 1. The Morgan fingerprint density at radius 3 is 2.32 bits per heavy atom. The van der Waals surface area contributed by atoms with E-state index < -0.39 is 6.10 Å². The molecule has 0 radical (unpaired) electrons. The molecule has 0 amide bonds. The highest BCUT2D eigenvalue weighted by Gasteiger charge is 2.51. The van der Waals surface area contributed by atoms with E-state index in [1.54, 1.807) is 0 Å². The lowest BCUT2D eigenvalue weighted by Gasteiger charge is -2.23. The Labute approximate surface area is 133 Å². The molecule has 4 atom stereocenters. The molecule has 116 valence electrons. The van der Waals surface area contributed by atoms with Crippen LogP contribution in [-0.4, -0.2) is 17.3 Å². The molecule has 2 nitrogen and oxygen atoms in total. The molecule has 0 saturated heterocycles. The zero-order chi connectivity index (χ0) is 15.6. The minimum Gasteiger partial charge on any atom is -0.391 e. The maximum Gasteiger partial charge on any atom is 0.0699 e. The molecule has 1 fully saturated rings. The van der Waals surface area contributed by atoms with Crippen molar-refractivity contribution in [3.05, 3.63) is 71.8 Å². The molecule has 1 aliphatic rings. The lowest BCUT2D eigenvalue weighted by atomic mass is 9.90. The summed E-state index contributed by atoms with van der Waals surface area (Å²) in [6.07, 6.45) is 2.21. The van der Waals surface area contributed by atoms with Gasteiger partial charge in [-0.2, -0.15) is 0 Å². The summed E-state index contributed by atoms with van der Waals surface area (Å²) in [7, 11) is 0. The first kappa shape index (κ1) is 15.3. The van der Waals surface area contributed by atoms with Crippen molar-refractivity contribution in [1.29, 1.82) is 0 Å². The molecule has 2 aromatic rings. The van der Waals surface area contributed by atoms with Gasteiger partial charge in [-0.05, 0) is 41.7 Å². The lowest BCUT2D eigenvalue weighted by Crippen LogP contribution is -2.38. The van der Waals surface area contributed by atoms with Crippen LogP contribution in [0.3, 0.4) is 0 Å². The van der Waals surface area contributed by atoms with E-state index in [0.29, 0.717) is 5.92 Å². The molecule has 2 heteroatoms. The summed E-state index contributed by atoms with van der Waals surface area (Å²) in [5.41, 5.74) is 8.98. The van der Waals surface area contributed by atoms with Crippen molar-refractivity contribution in [1.82, 2.24) is 0 Å². The minimum absolute atomic E-state index is 0.190. The van der Waals surface area contributed by atoms with E-state index in [9.17, 15) is 5.11 Å². The maximum atomic E-state index is 10.5. The number of benzene rings is 2. The van der Waals surface area contributed by atoms with Gasteiger partial charge in [0.1, 0.15) is 0 Å². The van der Waals surface area contributed by atoms with Gasteiger partial charge in [0.05, 0.1) is 6.10 Å². The van der Waals surface area contributed by atoms with Crippen LogP contribution in [0.2, 0.25) is 0 Å². The van der Waals surface area contributed by atoms with E-state index >= 15 is 0 Å². The quantitative estimate of drug-likeness (QED) is 0.857.